The van der Waals surface area contributed by atoms with Crippen molar-refractivity contribution >= 4 is 11.8 Å². The summed E-state index contributed by atoms with van der Waals surface area (Å²) >= 11 is 0. The van der Waals surface area contributed by atoms with E-state index < -0.39 is 0 Å². The molecular weight excluding hydrogens is 490 g/mol. The molecule has 0 N–H and O–H groups in total. The number of amides is 2. The van der Waals surface area contributed by atoms with Crippen molar-refractivity contribution in [2.45, 2.75) is 33.0 Å². The third kappa shape index (κ3) is 6.68. The molecule has 2 aromatic rings. The van der Waals surface area contributed by atoms with Gasteiger partial charge < -0.3 is 33.5 Å². The lowest BCUT2D eigenvalue weighted by atomic mass is 10.1. The first-order valence-electron chi connectivity index (χ1n) is 12.9. The predicted octanol–water partition coefficient (Wildman–Crippen LogP) is 2.53. The molecule has 1 atom stereocenters. The lowest BCUT2D eigenvalue weighted by molar-refractivity contribution is -0.138. The second-order valence-electron chi connectivity index (χ2n) is 9.32. The number of carbonyl (C=O) groups is 2. The Morgan fingerprint density at radius 2 is 1.76 bits per heavy atom. The number of ether oxygens (including phenoxy) is 5. The van der Waals surface area contributed by atoms with Gasteiger partial charge in [0.15, 0.2) is 11.5 Å². The topological polar surface area (TPSA) is 90.0 Å². The van der Waals surface area contributed by atoms with Gasteiger partial charge in [-0.3, -0.25) is 14.5 Å². The molecule has 1 fully saturated rings. The summed E-state index contributed by atoms with van der Waals surface area (Å²) in [5.74, 6) is 2.51. The molecule has 0 radical (unpaired) electrons. The molecule has 206 valence electrons. The lowest BCUT2D eigenvalue weighted by Crippen LogP contribution is -2.40. The smallest absolute Gasteiger partial charge is 0.248 e. The predicted molar refractivity (Wildman–Crippen MR) is 140 cm³/mol. The summed E-state index contributed by atoms with van der Waals surface area (Å²) in [6, 6.07) is 11.5. The van der Waals surface area contributed by atoms with Crippen LogP contribution in [-0.4, -0.2) is 93.0 Å². The van der Waals surface area contributed by atoms with Crippen molar-refractivity contribution in [2.75, 3.05) is 60.3 Å². The molecule has 4 rings (SSSR count). The van der Waals surface area contributed by atoms with Gasteiger partial charge in [-0.2, -0.15) is 0 Å². The van der Waals surface area contributed by atoms with E-state index in [1.807, 2.05) is 55.1 Å². The van der Waals surface area contributed by atoms with Crippen molar-refractivity contribution in [1.82, 2.24) is 14.7 Å². The molecule has 10 nitrogen and oxygen atoms in total. The maximum atomic E-state index is 13.4. The molecule has 0 aromatic heterocycles. The van der Waals surface area contributed by atoms with Gasteiger partial charge in [-0.25, -0.2) is 0 Å². The van der Waals surface area contributed by atoms with E-state index in [9.17, 15) is 9.59 Å². The zero-order valence-corrected chi connectivity index (χ0v) is 22.6. The average Bonchev–Trinajstić information content (AvgIpc) is 3.35. The molecule has 0 spiro atoms. The summed E-state index contributed by atoms with van der Waals surface area (Å²) in [6.07, 6.45) is -0.338. The summed E-state index contributed by atoms with van der Waals surface area (Å²) in [5, 5.41) is 0. The van der Waals surface area contributed by atoms with Gasteiger partial charge in [0.2, 0.25) is 24.4 Å². The number of rotatable bonds is 11. The van der Waals surface area contributed by atoms with Gasteiger partial charge >= 0.3 is 0 Å². The Morgan fingerprint density at radius 1 is 1.00 bits per heavy atom. The van der Waals surface area contributed by atoms with Gasteiger partial charge in [-0.05, 0) is 49.2 Å². The number of nitrogens with zero attached hydrogens (tertiary/aromatic N) is 3. The van der Waals surface area contributed by atoms with Crippen LogP contribution in [-0.2, 0) is 27.4 Å². The van der Waals surface area contributed by atoms with Gasteiger partial charge in [0.05, 0.1) is 26.9 Å². The Kier molecular flexibility index (Phi) is 9.30. The Balaban J connectivity index is 1.51. The maximum absolute atomic E-state index is 13.4. The van der Waals surface area contributed by atoms with Crippen LogP contribution in [0.25, 0.3) is 0 Å². The van der Waals surface area contributed by atoms with E-state index in [0.29, 0.717) is 56.5 Å². The number of likely N-dealkylation sites (N-methyl/N-ethyl adjacent to an activating group) is 1. The maximum Gasteiger partial charge on any atom is 0.248 e. The molecule has 0 saturated carbocycles. The van der Waals surface area contributed by atoms with Crippen molar-refractivity contribution in [1.29, 1.82) is 0 Å². The van der Waals surface area contributed by atoms with Crippen molar-refractivity contribution in [3.8, 4) is 23.0 Å². The standard InChI is InChI=1S/C28H37N3O7/c1-5-30(6-2)27(33)18-36-23-15-29(13-21-11-24(35-4)28-25(12-21)37-19-38-28)17-26(32)31(16-23)14-20-7-9-22(34-3)10-8-20/h7-12,23H,5-6,13-19H2,1-4H3/t23-/m0/s1. The number of fused-ring (bicyclic) bond motifs is 1. The number of hydrogen-bond donors (Lipinski definition) is 0. The number of carbonyl (C=O) groups excluding carboxylic acids is 2. The highest BCUT2D eigenvalue weighted by atomic mass is 16.7. The molecule has 0 unspecified atom stereocenters. The largest absolute Gasteiger partial charge is 0.497 e. The Bertz CT molecular complexity index is 1100. The minimum atomic E-state index is -0.338. The first-order chi connectivity index (χ1) is 18.4. The van der Waals surface area contributed by atoms with Gasteiger partial charge in [-0.15, -0.1) is 0 Å². The minimum absolute atomic E-state index is 0.00491. The number of methoxy groups -OCH3 is 2. The zero-order chi connectivity index (χ0) is 27.1. The van der Waals surface area contributed by atoms with Crippen LogP contribution < -0.4 is 18.9 Å². The first-order valence-corrected chi connectivity index (χ1v) is 12.9. The van der Waals surface area contributed by atoms with Crippen LogP contribution in [0.15, 0.2) is 36.4 Å². The normalized spacial score (nSPS) is 17.3. The van der Waals surface area contributed by atoms with Crippen molar-refractivity contribution in [2.24, 2.45) is 0 Å². The molecule has 38 heavy (non-hydrogen) atoms. The fourth-order valence-electron chi connectivity index (χ4n) is 4.77. The van der Waals surface area contributed by atoms with Crippen LogP contribution in [0.5, 0.6) is 23.0 Å². The second-order valence-corrected chi connectivity index (χ2v) is 9.32. The Labute approximate surface area is 223 Å². The van der Waals surface area contributed by atoms with E-state index in [0.717, 1.165) is 16.9 Å². The molecule has 2 aliphatic heterocycles. The summed E-state index contributed by atoms with van der Waals surface area (Å²) in [6.45, 7) is 7.30. The SMILES string of the molecule is CCN(CC)C(=O)CO[C@H]1CN(Cc2cc(OC)c3c(c2)OCO3)CC(=O)N(Cc2ccc(OC)cc2)C1. The molecule has 0 bridgehead atoms. The van der Waals surface area contributed by atoms with E-state index in [2.05, 4.69) is 0 Å². The monoisotopic (exact) mass is 527 g/mol. The van der Waals surface area contributed by atoms with Crippen molar-refractivity contribution in [3.63, 3.8) is 0 Å². The van der Waals surface area contributed by atoms with Crippen LogP contribution in [0, 0.1) is 0 Å². The number of hydrogen-bond acceptors (Lipinski definition) is 8. The van der Waals surface area contributed by atoms with E-state index in [4.69, 9.17) is 23.7 Å². The third-order valence-electron chi connectivity index (χ3n) is 6.81. The molecule has 0 aliphatic carbocycles. The van der Waals surface area contributed by atoms with E-state index in [1.54, 1.807) is 24.0 Å². The van der Waals surface area contributed by atoms with E-state index in [-0.39, 0.29) is 37.9 Å². The summed E-state index contributed by atoms with van der Waals surface area (Å²) in [7, 11) is 3.21. The Morgan fingerprint density at radius 3 is 2.45 bits per heavy atom. The molecule has 2 aromatic carbocycles. The average molecular weight is 528 g/mol. The zero-order valence-electron chi connectivity index (χ0n) is 22.6. The highest BCUT2D eigenvalue weighted by Gasteiger charge is 2.30. The molecule has 10 heteroatoms. The van der Waals surface area contributed by atoms with E-state index >= 15 is 0 Å². The lowest BCUT2D eigenvalue weighted by Gasteiger charge is -2.26. The second kappa shape index (κ2) is 12.8. The third-order valence-corrected chi connectivity index (χ3v) is 6.81. The van der Waals surface area contributed by atoms with Gasteiger partial charge in [0.1, 0.15) is 12.4 Å². The summed E-state index contributed by atoms with van der Waals surface area (Å²) in [5.41, 5.74) is 1.92. The van der Waals surface area contributed by atoms with Gasteiger partial charge in [0, 0.05) is 39.3 Å². The van der Waals surface area contributed by atoms with Crippen LogP contribution in [0.1, 0.15) is 25.0 Å². The minimum Gasteiger partial charge on any atom is -0.497 e. The van der Waals surface area contributed by atoms with Crippen LogP contribution in [0.4, 0.5) is 0 Å². The quantitative estimate of drug-likeness (QED) is 0.441. The summed E-state index contributed by atoms with van der Waals surface area (Å²) in [4.78, 5) is 31.6. The summed E-state index contributed by atoms with van der Waals surface area (Å²) < 4.78 is 28.0. The Hall–Kier alpha value is -3.50. The van der Waals surface area contributed by atoms with E-state index in [1.165, 1.54) is 0 Å². The van der Waals surface area contributed by atoms with Crippen LogP contribution >= 0.6 is 0 Å². The molecular formula is C28H37N3O7. The fourth-order valence-corrected chi connectivity index (χ4v) is 4.77. The van der Waals surface area contributed by atoms with Crippen molar-refractivity contribution < 1.29 is 33.3 Å². The first kappa shape index (κ1) is 27.5. The van der Waals surface area contributed by atoms with Crippen LogP contribution in [0.3, 0.4) is 0 Å². The van der Waals surface area contributed by atoms with Crippen molar-refractivity contribution in [3.05, 3.63) is 47.5 Å². The van der Waals surface area contributed by atoms with Crippen LogP contribution in [0.2, 0.25) is 0 Å². The highest BCUT2D eigenvalue weighted by Crippen LogP contribution is 2.42. The fraction of sp³-hybridized carbons (Fsp3) is 0.500. The van der Waals surface area contributed by atoms with Gasteiger partial charge in [-0.1, -0.05) is 12.1 Å². The molecule has 2 aliphatic rings. The molecule has 2 heterocycles. The molecule has 1 saturated heterocycles. The highest BCUT2D eigenvalue weighted by molar-refractivity contribution is 5.79. The molecule has 2 amide bonds. The van der Waals surface area contributed by atoms with Gasteiger partial charge in [0.25, 0.3) is 0 Å². The number of benzene rings is 2.